The summed E-state index contributed by atoms with van der Waals surface area (Å²) in [6.07, 6.45) is 2.25. The molecule has 1 rings (SSSR count). The molecule has 0 unspecified atom stereocenters. The van der Waals surface area contributed by atoms with Crippen molar-refractivity contribution in [3.8, 4) is 0 Å². The lowest BCUT2D eigenvalue weighted by atomic mass is 10.0. The lowest BCUT2D eigenvalue weighted by Gasteiger charge is -2.08. The highest BCUT2D eigenvalue weighted by molar-refractivity contribution is 4.84. The summed E-state index contributed by atoms with van der Waals surface area (Å²) in [6.45, 7) is 4.21. The molecule has 0 aliphatic carbocycles. The van der Waals surface area contributed by atoms with Crippen molar-refractivity contribution < 1.29 is 4.52 Å². The van der Waals surface area contributed by atoms with Gasteiger partial charge in [-0.25, -0.2) is 0 Å². The van der Waals surface area contributed by atoms with E-state index in [0.717, 1.165) is 6.42 Å². The first-order valence-corrected chi connectivity index (χ1v) is 3.72. The predicted octanol–water partition coefficient (Wildman–Crippen LogP) is 1.12. The van der Waals surface area contributed by atoms with E-state index in [0.29, 0.717) is 11.8 Å². The summed E-state index contributed by atoms with van der Waals surface area (Å²) in [4.78, 5) is 3.87. The van der Waals surface area contributed by atoms with Crippen LogP contribution in [0.25, 0.3) is 0 Å². The van der Waals surface area contributed by atoms with Crippen molar-refractivity contribution in [3.05, 3.63) is 12.2 Å². The number of nitrogens with two attached hydrogens (primary N) is 1. The normalized spacial score (nSPS) is 13.8. The molecule has 1 atom stereocenters. The molecule has 1 heterocycles. The second kappa shape index (κ2) is 3.48. The molecule has 0 amide bonds. The summed E-state index contributed by atoms with van der Waals surface area (Å²) in [6, 6.07) is -0.113. The van der Waals surface area contributed by atoms with E-state index in [4.69, 9.17) is 10.3 Å². The van der Waals surface area contributed by atoms with Gasteiger partial charge in [-0.1, -0.05) is 19.0 Å². The van der Waals surface area contributed by atoms with Crippen LogP contribution in [-0.4, -0.2) is 10.1 Å². The average Bonchev–Trinajstić information content (AvgIpc) is 2.35. The third kappa shape index (κ3) is 2.31. The molecule has 0 saturated heterocycles. The van der Waals surface area contributed by atoms with Gasteiger partial charge in [0.05, 0.1) is 6.04 Å². The minimum atomic E-state index is -0.113. The molecule has 0 bridgehead atoms. The molecule has 4 nitrogen and oxygen atoms in total. The Morgan fingerprint density at radius 2 is 2.36 bits per heavy atom. The second-order valence-electron chi connectivity index (χ2n) is 3.02. The van der Waals surface area contributed by atoms with Crippen molar-refractivity contribution in [2.24, 2.45) is 11.7 Å². The summed E-state index contributed by atoms with van der Waals surface area (Å²) >= 11 is 0. The molecule has 0 aromatic carbocycles. The molecule has 62 valence electrons. The van der Waals surface area contributed by atoms with Gasteiger partial charge in [0.15, 0.2) is 6.33 Å². The number of aromatic nitrogens is 2. The fraction of sp³-hybridized carbons (Fsp3) is 0.714. The first-order valence-electron chi connectivity index (χ1n) is 3.72. The number of hydrogen-bond acceptors (Lipinski definition) is 4. The van der Waals surface area contributed by atoms with E-state index in [2.05, 4.69) is 24.0 Å². The van der Waals surface area contributed by atoms with Gasteiger partial charge in [-0.05, 0) is 12.3 Å². The topological polar surface area (TPSA) is 64.9 Å². The van der Waals surface area contributed by atoms with Crippen molar-refractivity contribution in [3.63, 3.8) is 0 Å². The Labute approximate surface area is 65.8 Å². The second-order valence-corrected chi connectivity index (χ2v) is 3.02. The maximum absolute atomic E-state index is 5.74. The molecule has 0 fully saturated rings. The summed E-state index contributed by atoms with van der Waals surface area (Å²) in [5, 5.41) is 3.48. The number of rotatable bonds is 3. The van der Waals surface area contributed by atoms with Crippen LogP contribution in [0.15, 0.2) is 10.9 Å². The lowest BCUT2D eigenvalue weighted by Crippen LogP contribution is -2.13. The summed E-state index contributed by atoms with van der Waals surface area (Å²) in [5.74, 6) is 1.08. The van der Waals surface area contributed by atoms with Crippen LogP contribution >= 0.6 is 0 Å². The van der Waals surface area contributed by atoms with Crippen LogP contribution in [0.4, 0.5) is 0 Å². The highest BCUT2D eigenvalue weighted by atomic mass is 16.5. The summed E-state index contributed by atoms with van der Waals surface area (Å²) in [7, 11) is 0. The standard InChI is InChI=1S/C7H13N3O/c1-5(2)3-6(8)7-9-4-10-11-7/h4-6H,3,8H2,1-2H3/t6-/m1/s1. The van der Waals surface area contributed by atoms with E-state index >= 15 is 0 Å². The largest absolute Gasteiger partial charge is 0.338 e. The van der Waals surface area contributed by atoms with E-state index in [1.807, 2.05) is 0 Å². The Bertz CT molecular complexity index is 195. The van der Waals surface area contributed by atoms with Crippen LogP contribution < -0.4 is 5.73 Å². The molecule has 1 aromatic heterocycles. The van der Waals surface area contributed by atoms with Gasteiger partial charge in [-0.15, -0.1) is 0 Å². The SMILES string of the molecule is CC(C)C[C@@H](N)c1ncno1. The summed E-state index contributed by atoms with van der Waals surface area (Å²) < 4.78 is 4.81. The third-order valence-corrected chi connectivity index (χ3v) is 1.42. The molecular formula is C7H13N3O. The van der Waals surface area contributed by atoms with Gasteiger partial charge >= 0.3 is 0 Å². The molecule has 11 heavy (non-hydrogen) atoms. The predicted molar refractivity (Wildman–Crippen MR) is 40.7 cm³/mol. The zero-order valence-corrected chi connectivity index (χ0v) is 6.82. The fourth-order valence-corrected chi connectivity index (χ4v) is 0.954. The Hall–Kier alpha value is -0.900. The van der Waals surface area contributed by atoms with Crippen molar-refractivity contribution in [2.45, 2.75) is 26.3 Å². The van der Waals surface area contributed by atoms with Gasteiger partial charge in [0.1, 0.15) is 0 Å². The fourth-order valence-electron chi connectivity index (χ4n) is 0.954. The first kappa shape index (κ1) is 8.20. The van der Waals surface area contributed by atoms with Crippen LogP contribution in [0.5, 0.6) is 0 Å². The van der Waals surface area contributed by atoms with Crippen LogP contribution in [0, 0.1) is 5.92 Å². The zero-order valence-electron chi connectivity index (χ0n) is 6.82. The van der Waals surface area contributed by atoms with E-state index in [-0.39, 0.29) is 6.04 Å². The van der Waals surface area contributed by atoms with Crippen molar-refractivity contribution in [1.82, 2.24) is 10.1 Å². The molecule has 0 saturated carbocycles. The monoisotopic (exact) mass is 155 g/mol. The molecular weight excluding hydrogens is 142 g/mol. The molecule has 4 heteroatoms. The maximum Gasteiger partial charge on any atom is 0.243 e. The van der Waals surface area contributed by atoms with E-state index in [1.54, 1.807) is 0 Å². The smallest absolute Gasteiger partial charge is 0.243 e. The highest BCUT2D eigenvalue weighted by Gasteiger charge is 2.12. The van der Waals surface area contributed by atoms with Crippen molar-refractivity contribution >= 4 is 0 Å². The van der Waals surface area contributed by atoms with Gasteiger partial charge in [-0.3, -0.25) is 0 Å². The van der Waals surface area contributed by atoms with Gasteiger partial charge in [0, 0.05) is 0 Å². The average molecular weight is 155 g/mol. The Balaban J connectivity index is 2.49. The molecule has 0 aliphatic heterocycles. The lowest BCUT2D eigenvalue weighted by molar-refractivity contribution is 0.334. The minimum Gasteiger partial charge on any atom is -0.338 e. The highest BCUT2D eigenvalue weighted by Crippen LogP contribution is 2.15. The van der Waals surface area contributed by atoms with E-state index in [1.165, 1.54) is 6.33 Å². The molecule has 2 N–H and O–H groups in total. The molecule has 0 aliphatic rings. The van der Waals surface area contributed by atoms with Gasteiger partial charge in [0.2, 0.25) is 5.89 Å². The number of hydrogen-bond donors (Lipinski definition) is 1. The van der Waals surface area contributed by atoms with Crippen molar-refractivity contribution in [1.29, 1.82) is 0 Å². The van der Waals surface area contributed by atoms with E-state index < -0.39 is 0 Å². The molecule has 0 spiro atoms. The molecule has 1 aromatic rings. The van der Waals surface area contributed by atoms with Crippen LogP contribution in [0.1, 0.15) is 32.2 Å². The van der Waals surface area contributed by atoms with Crippen molar-refractivity contribution in [2.75, 3.05) is 0 Å². The van der Waals surface area contributed by atoms with Gasteiger partial charge in [-0.2, -0.15) is 4.98 Å². The van der Waals surface area contributed by atoms with Crippen LogP contribution in [0.3, 0.4) is 0 Å². The Morgan fingerprint density at radius 3 is 2.82 bits per heavy atom. The van der Waals surface area contributed by atoms with Crippen LogP contribution in [-0.2, 0) is 0 Å². The summed E-state index contributed by atoms with van der Waals surface area (Å²) in [5.41, 5.74) is 5.74. The van der Waals surface area contributed by atoms with Crippen LogP contribution in [0.2, 0.25) is 0 Å². The van der Waals surface area contributed by atoms with Gasteiger partial charge in [0.25, 0.3) is 0 Å². The number of nitrogens with zero attached hydrogens (tertiary/aromatic N) is 2. The zero-order chi connectivity index (χ0) is 8.27. The van der Waals surface area contributed by atoms with Gasteiger partial charge < -0.3 is 10.3 Å². The first-order chi connectivity index (χ1) is 5.20. The Morgan fingerprint density at radius 1 is 1.64 bits per heavy atom. The maximum atomic E-state index is 5.74. The van der Waals surface area contributed by atoms with E-state index in [9.17, 15) is 0 Å². The molecule has 0 radical (unpaired) electrons. The third-order valence-electron chi connectivity index (χ3n) is 1.42. The quantitative estimate of drug-likeness (QED) is 0.710. The Kier molecular flexibility index (Phi) is 2.59. The minimum absolute atomic E-state index is 0.113.